The van der Waals surface area contributed by atoms with E-state index in [1.807, 2.05) is 11.8 Å². The second kappa shape index (κ2) is 7.03. The zero-order chi connectivity index (χ0) is 14.4. The Hall–Kier alpha value is -1.91. The number of hydrogen-bond donors (Lipinski definition) is 0. The molecule has 0 aliphatic carbocycles. The van der Waals surface area contributed by atoms with Crippen molar-refractivity contribution in [1.82, 2.24) is 14.9 Å². The Morgan fingerprint density at radius 3 is 2.85 bits per heavy atom. The molecule has 2 heterocycles. The van der Waals surface area contributed by atoms with Gasteiger partial charge in [-0.2, -0.15) is 0 Å². The topological polar surface area (TPSA) is 55.3 Å². The standard InChI is InChI=1S/C15H21N3O2/c1-3-20-15-16-10-13(11-17-15)7-8-14(19)18-9-5-4-6-12(18)2/h7-8,10-12H,3-6,9H2,1-2H3/b8-7+. The summed E-state index contributed by atoms with van der Waals surface area (Å²) in [4.78, 5) is 22.2. The molecule has 108 valence electrons. The highest BCUT2D eigenvalue weighted by molar-refractivity contribution is 5.91. The van der Waals surface area contributed by atoms with Crippen LogP contribution < -0.4 is 4.74 Å². The highest BCUT2D eigenvalue weighted by Gasteiger charge is 2.21. The van der Waals surface area contributed by atoms with Crippen LogP contribution in [0.4, 0.5) is 0 Å². The molecule has 2 rings (SSSR count). The van der Waals surface area contributed by atoms with E-state index >= 15 is 0 Å². The van der Waals surface area contributed by atoms with Gasteiger partial charge < -0.3 is 9.64 Å². The normalized spacial score (nSPS) is 19.3. The van der Waals surface area contributed by atoms with Gasteiger partial charge in [0.2, 0.25) is 5.91 Å². The Morgan fingerprint density at radius 1 is 1.45 bits per heavy atom. The monoisotopic (exact) mass is 275 g/mol. The Morgan fingerprint density at radius 2 is 2.20 bits per heavy atom. The van der Waals surface area contributed by atoms with Gasteiger partial charge in [0.05, 0.1) is 6.61 Å². The number of piperidine rings is 1. The van der Waals surface area contributed by atoms with Gasteiger partial charge in [-0.05, 0) is 39.2 Å². The van der Waals surface area contributed by atoms with Gasteiger partial charge in [-0.15, -0.1) is 0 Å². The Bertz CT molecular complexity index is 471. The van der Waals surface area contributed by atoms with E-state index < -0.39 is 0 Å². The molecule has 1 aliphatic rings. The first-order valence-corrected chi connectivity index (χ1v) is 7.14. The maximum absolute atomic E-state index is 12.1. The van der Waals surface area contributed by atoms with Crippen LogP contribution in [0.2, 0.25) is 0 Å². The third kappa shape index (κ3) is 3.79. The molecule has 1 aromatic heterocycles. The first kappa shape index (κ1) is 14.5. The number of hydrogen-bond acceptors (Lipinski definition) is 4. The number of carbonyl (C=O) groups is 1. The summed E-state index contributed by atoms with van der Waals surface area (Å²) in [5.41, 5.74) is 0.798. The molecule has 1 aromatic rings. The zero-order valence-corrected chi connectivity index (χ0v) is 12.1. The fraction of sp³-hybridized carbons (Fsp3) is 0.533. The molecule has 1 aliphatic heterocycles. The molecule has 1 unspecified atom stereocenters. The van der Waals surface area contributed by atoms with Crippen LogP contribution in [0.1, 0.15) is 38.7 Å². The molecular weight excluding hydrogens is 254 g/mol. The van der Waals surface area contributed by atoms with Gasteiger partial charge in [-0.25, -0.2) is 9.97 Å². The molecule has 20 heavy (non-hydrogen) atoms. The van der Waals surface area contributed by atoms with Crippen LogP contribution in [-0.2, 0) is 4.79 Å². The molecule has 1 fully saturated rings. The van der Waals surface area contributed by atoms with E-state index in [1.165, 1.54) is 6.42 Å². The molecule has 0 bridgehead atoms. The molecule has 0 N–H and O–H groups in total. The number of likely N-dealkylation sites (tertiary alicyclic amines) is 1. The molecule has 0 aromatic carbocycles. The van der Waals surface area contributed by atoms with Crippen LogP contribution in [-0.4, -0.2) is 40.0 Å². The number of carbonyl (C=O) groups excluding carboxylic acids is 1. The van der Waals surface area contributed by atoms with E-state index in [-0.39, 0.29) is 5.91 Å². The quantitative estimate of drug-likeness (QED) is 0.791. The van der Waals surface area contributed by atoms with Crippen LogP contribution in [0.15, 0.2) is 18.5 Å². The van der Waals surface area contributed by atoms with E-state index in [0.717, 1.165) is 24.9 Å². The summed E-state index contributed by atoms with van der Waals surface area (Å²) in [6, 6.07) is 0.693. The van der Waals surface area contributed by atoms with Gasteiger partial charge in [0.1, 0.15) is 0 Å². The predicted molar refractivity (Wildman–Crippen MR) is 77.3 cm³/mol. The summed E-state index contributed by atoms with van der Waals surface area (Å²) < 4.78 is 5.17. The van der Waals surface area contributed by atoms with Crippen molar-refractivity contribution < 1.29 is 9.53 Å². The summed E-state index contributed by atoms with van der Waals surface area (Å²) in [7, 11) is 0. The molecule has 0 spiro atoms. The highest BCUT2D eigenvalue weighted by Crippen LogP contribution is 2.17. The largest absolute Gasteiger partial charge is 0.464 e. The fourth-order valence-electron chi connectivity index (χ4n) is 2.30. The smallest absolute Gasteiger partial charge is 0.316 e. The summed E-state index contributed by atoms with van der Waals surface area (Å²) in [5, 5.41) is 0. The van der Waals surface area contributed by atoms with E-state index in [2.05, 4.69) is 16.9 Å². The van der Waals surface area contributed by atoms with E-state index in [1.54, 1.807) is 24.5 Å². The Balaban J connectivity index is 1.95. The summed E-state index contributed by atoms with van der Waals surface area (Å²) >= 11 is 0. The molecule has 0 saturated carbocycles. The maximum Gasteiger partial charge on any atom is 0.316 e. The van der Waals surface area contributed by atoms with Crippen molar-refractivity contribution in [1.29, 1.82) is 0 Å². The zero-order valence-electron chi connectivity index (χ0n) is 12.1. The van der Waals surface area contributed by atoms with Crippen molar-refractivity contribution in [2.75, 3.05) is 13.2 Å². The van der Waals surface area contributed by atoms with Crippen LogP contribution in [0.25, 0.3) is 6.08 Å². The maximum atomic E-state index is 12.1. The van der Waals surface area contributed by atoms with E-state index in [4.69, 9.17) is 4.74 Å². The second-order valence-electron chi connectivity index (χ2n) is 4.94. The van der Waals surface area contributed by atoms with E-state index in [0.29, 0.717) is 18.7 Å². The van der Waals surface area contributed by atoms with Crippen LogP contribution in [0.3, 0.4) is 0 Å². The Labute approximate surface area is 119 Å². The van der Waals surface area contributed by atoms with Gasteiger partial charge in [-0.1, -0.05) is 0 Å². The average molecular weight is 275 g/mol. The lowest BCUT2D eigenvalue weighted by Gasteiger charge is -2.32. The molecule has 5 nitrogen and oxygen atoms in total. The van der Waals surface area contributed by atoms with Crippen molar-refractivity contribution in [2.45, 2.75) is 39.2 Å². The first-order valence-electron chi connectivity index (χ1n) is 7.14. The third-order valence-corrected chi connectivity index (χ3v) is 3.43. The van der Waals surface area contributed by atoms with Crippen molar-refractivity contribution in [2.24, 2.45) is 0 Å². The van der Waals surface area contributed by atoms with Crippen LogP contribution in [0.5, 0.6) is 6.01 Å². The minimum Gasteiger partial charge on any atom is -0.464 e. The minimum atomic E-state index is 0.0612. The number of amides is 1. The predicted octanol–water partition coefficient (Wildman–Crippen LogP) is 2.29. The number of nitrogens with zero attached hydrogens (tertiary/aromatic N) is 3. The lowest BCUT2D eigenvalue weighted by atomic mass is 10.0. The number of rotatable bonds is 4. The van der Waals surface area contributed by atoms with Crippen molar-refractivity contribution in [3.05, 3.63) is 24.0 Å². The van der Waals surface area contributed by atoms with Crippen molar-refractivity contribution in [3.8, 4) is 6.01 Å². The lowest BCUT2D eigenvalue weighted by Crippen LogP contribution is -2.41. The number of aromatic nitrogens is 2. The molecule has 0 radical (unpaired) electrons. The lowest BCUT2D eigenvalue weighted by molar-refractivity contribution is -0.129. The molecule has 1 atom stereocenters. The van der Waals surface area contributed by atoms with Gasteiger partial charge in [0.15, 0.2) is 0 Å². The molecule has 1 amide bonds. The van der Waals surface area contributed by atoms with E-state index in [9.17, 15) is 4.79 Å². The summed E-state index contributed by atoms with van der Waals surface area (Å²) in [6.45, 7) is 5.38. The number of ether oxygens (including phenoxy) is 1. The first-order chi connectivity index (χ1) is 9.70. The van der Waals surface area contributed by atoms with Gasteiger partial charge >= 0.3 is 6.01 Å². The molecule has 1 saturated heterocycles. The fourth-order valence-corrected chi connectivity index (χ4v) is 2.30. The second-order valence-corrected chi connectivity index (χ2v) is 4.94. The Kier molecular flexibility index (Phi) is 5.09. The average Bonchev–Trinajstić information content (AvgIpc) is 2.47. The minimum absolute atomic E-state index is 0.0612. The third-order valence-electron chi connectivity index (χ3n) is 3.43. The summed E-state index contributed by atoms with van der Waals surface area (Å²) in [5.74, 6) is 0.0612. The van der Waals surface area contributed by atoms with Crippen LogP contribution >= 0.6 is 0 Å². The molecular formula is C15H21N3O2. The SMILES string of the molecule is CCOc1ncc(/C=C/C(=O)N2CCCCC2C)cn1. The van der Waals surface area contributed by atoms with Crippen molar-refractivity contribution >= 4 is 12.0 Å². The van der Waals surface area contributed by atoms with Gasteiger partial charge in [0.25, 0.3) is 0 Å². The van der Waals surface area contributed by atoms with Crippen LogP contribution in [0, 0.1) is 0 Å². The van der Waals surface area contributed by atoms with Crippen molar-refractivity contribution in [3.63, 3.8) is 0 Å². The summed E-state index contributed by atoms with van der Waals surface area (Å²) in [6.07, 6.45) is 10.0. The molecule has 5 heteroatoms. The van der Waals surface area contributed by atoms with Gasteiger partial charge in [0, 0.05) is 36.6 Å². The highest BCUT2D eigenvalue weighted by atomic mass is 16.5. The van der Waals surface area contributed by atoms with Gasteiger partial charge in [-0.3, -0.25) is 4.79 Å².